The van der Waals surface area contributed by atoms with Crippen LogP contribution < -0.4 is 9.80 Å². The Balaban J connectivity index is 1.74. The van der Waals surface area contributed by atoms with Crippen molar-refractivity contribution in [2.24, 2.45) is 11.8 Å². The van der Waals surface area contributed by atoms with E-state index >= 15 is 0 Å². The monoisotopic (exact) mass is 582 g/mol. The third-order valence-corrected chi connectivity index (χ3v) is 11.1. The molecule has 5 atom stereocenters. The van der Waals surface area contributed by atoms with Crippen molar-refractivity contribution in [3.8, 4) is 0 Å². The van der Waals surface area contributed by atoms with Gasteiger partial charge in [0.1, 0.15) is 6.04 Å². The van der Waals surface area contributed by atoms with Crippen LogP contribution in [0.2, 0.25) is 0 Å². The quantitative estimate of drug-likeness (QED) is 0.335. The number of anilines is 2. The molecule has 3 aliphatic rings. The van der Waals surface area contributed by atoms with E-state index in [1.165, 1.54) is 0 Å². The predicted octanol–water partition coefficient (Wildman–Crippen LogP) is 3.95. The van der Waals surface area contributed by atoms with Crippen LogP contribution in [0, 0.1) is 11.8 Å². The van der Waals surface area contributed by atoms with Crippen LogP contribution in [-0.2, 0) is 14.4 Å². The van der Waals surface area contributed by atoms with Gasteiger partial charge in [0.05, 0.1) is 23.2 Å². The zero-order valence-electron chi connectivity index (χ0n) is 25.1. The smallest absolute Gasteiger partial charge is 0.251 e. The summed E-state index contributed by atoms with van der Waals surface area (Å²) in [6.07, 6.45) is 5.66. The summed E-state index contributed by atoms with van der Waals surface area (Å²) in [6.45, 7) is 19.0. The van der Waals surface area contributed by atoms with Crippen molar-refractivity contribution in [3.63, 3.8) is 0 Å². The van der Waals surface area contributed by atoms with Crippen LogP contribution in [-0.4, -0.2) is 94.0 Å². The van der Waals surface area contributed by atoms with Gasteiger partial charge in [-0.3, -0.25) is 14.4 Å². The van der Waals surface area contributed by atoms with Gasteiger partial charge in [-0.25, -0.2) is 0 Å². The molecule has 3 aliphatic heterocycles. The van der Waals surface area contributed by atoms with Gasteiger partial charge in [0, 0.05) is 55.4 Å². The van der Waals surface area contributed by atoms with Crippen molar-refractivity contribution >= 4 is 40.9 Å². The van der Waals surface area contributed by atoms with Gasteiger partial charge < -0.3 is 24.7 Å². The van der Waals surface area contributed by atoms with E-state index in [0.717, 1.165) is 37.3 Å². The minimum atomic E-state index is -0.779. The first kappa shape index (κ1) is 31.2. The molecule has 1 spiro atoms. The Morgan fingerprint density at radius 2 is 1.68 bits per heavy atom. The highest BCUT2D eigenvalue weighted by atomic mass is 32.2. The number of rotatable bonds is 14. The molecule has 2 unspecified atom stereocenters. The van der Waals surface area contributed by atoms with Gasteiger partial charge >= 0.3 is 0 Å². The fourth-order valence-electron chi connectivity index (χ4n) is 7.37. The minimum Gasteiger partial charge on any atom is -0.395 e. The van der Waals surface area contributed by atoms with Gasteiger partial charge in [0.15, 0.2) is 0 Å². The van der Waals surface area contributed by atoms with Crippen LogP contribution in [0.5, 0.6) is 0 Å². The predicted molar refractivity (Wildman–Crippen MR) is 167 cm³/mol. The Morgan fingerprint density at radius 1 is 1.05 bits per heavy atom. The van der Waals surface area contributed by atoms with Crippen LogP contribution in [0.15, 0.2) is 49.6 Å². The van der Waals surface area contributed by atoms with Gasteiger partial charge in [-0.05, 0) is 64.3 Å². The maximum Gasteiger partial charge on any atom is 0.251 e. The van der Waals surface area contributed by atoms with E-state index in [9.17, 15) is 19.5 Å². The molecule has 0 saturated carbocycles. The van der Waals surface area contributed by atoms with Crippen LogP contribution in [0.25, 0.3) is 0 Å². The molecule has 0 aromatic heterocycles. The highest BCUT2D eigenvalue weighted by molar-refractivity contribution is 8.02. The first-order valence-electron chi connectivity index (χ1n) is 15.0. The molecule has 9 heteroatoms. The molecule has 3 amide bonds. The van der Waals surface area contributed by atoms with E-state index in [0.29, 0.717) is 19.5 Å². The number of hydrogen-bond acceptors (Lipinski definition) is 6. The van der Waals surface area contributed by atoms with Gasteiger partial charge in [-0.1, -0.05) is 19.1 Å². The van der Waals surface area contributed by atoms with Gasteiger partial charge in [0.25, 0.3) is 5.91 Å². The molecule has 4 rings (SSSR count). The molecule has 1 aromatic carbocycles. The molecule has 1 N–H and O–H groups in total. The minimum absolute atomic E-state index is 0.0336. The largest absolute Gasteiger partial charge is 0.395 e. The summed E-state index contributed by atoms with van der Waals surface area (Å²) in [7, 11) is 0. The SMILES string of the molecule is C=CCN(CCC)C(=O)[C@@H]1[C@H]2C(=O)N(CCO)C(C(=O)N(CC=C)c3ccc(N(CC)CC)cc3)C23CC[C@@]1(C)S3. The summed E-state index contributed by atoms with van der Waals surface area (Å²) in [4.78, 5) is 50.2. The molecule has 3 saturated heterocycles. The second kappa shape index (κ2) is 12.6. The lowest BCUT2D eigenvalue weighted by molar-refractivity contribution is -0.145. The Bertz CT molecular complexity index is 1150. The second-order valence-corrected chi connectivity index (χ2v) is 13.4. The molecular formula is C32H46N4O4S. The van der Waals surface area contributed by atoms with E-state index in [1.807, 2.05) is 31.2 Å². The van der Waals surface area contributed by atoms with E-state index in [1.54, 1.807) is 38.6 Å². The van der Waals surface area contributed by atoms with Gasteiger partial charge in [-0.2, -0.15) is 0 Å². The number of fused-ring (bicyclic) bond motifs is 1. The third-order valence-electron chi connectivity index (χ3n) is 9.14. The number of carbonyl (C=O) groups is 3. The summed E-state index contributed by atoms with van der Waals surface area (Å²) in [5.41, 5.74) is 1.82. The molecular weight excluding hydrogens is 536 g/mol. The molecule has 8 nitrogen and oxygen atoms in total. The summed E-state index contributed by atoms with van der Waals surface area (Å²) >= 11 is 1.66. The topological polar surface area (TPSA) is 84.4 Å². The third kappa shape index (κ3) is 5.20. The molecule has 0 aliphatic carbocycles. The number of nitrogens with zero attached hydrogens (tertiary/aromatic N) is 4. The number of likely N-dealkylation sites (tertiary alicyclic amines) is 1. The number of thioether (sulfide) groups is 1. The van der Waals surface area contributed by atoms with Crippen molar-refractivity contribution in [1.29, 1.82) is 0 Å². The number of β-amino-alcohol motifs (C(OH)–C–C–N with tert-alkyl or cyclic N) is 1. The average molecular weight is 583 g/mol. The first-order valence-corrected chi connectivity index (χ1v) is 15.8. The number of hydrogen-bond donors (Lipinski definition) is 1. The number of benzene rings is 1. The Hall–Kier alpha value is -2.78. The summed E-state index contributed by atoms with van der Waals surface area (Å²) in [5.74, 6) is -1.56. The molecule has 3 heterocycles. The maximum atomic E-state index is 14.6. The zero-order valence-corrected chi connectivity index (χ0v) is 25.9. The molecule has 224 valence electrons. The van der Waals surface area contributed by atoms with Gasteiger partial charge in [0.2, 0.25) is 11.8 Å². The van der Waals surface area contributed by atoms with E-state index in [4.69, 9.17) is 0 Å². The van der Waals surface area contributed by atoms with E-state index in [-0.39, 0.29) is 37.4 Å². The Kier molecular flexibility index (Phi) is 9.59. The molecule has 2 bridgehead atoms. The van der Waals surface area contributed by atoms with Crippen molar-refractivity contribution in [1.82, 2.24) is 9.80 Å². The van der Waals surface area contributed by atoms with Crippen molar-refractivity contribution < 1.29 is 19.5 Å². The first-order chi connectivity index (χ1) is 19.7. The van der Waals surface area contributed by atoms with E-state index in [2.05, 4.69) is 38.8 Å². The summed E-state index contributed by atoms with van der Waals surface area (Å²) in [6, 6.07) is 7.15. The standard InChI is InChI=1S/C32H46N4O4S/c1-7-18-34(19-8-2)28(38)25-26-29(39)36(21-22-37)27(32(26)17-16-31(25,6)41-32)30(40)35(20-9-3)24-14-12-23(13-15-24)33(10-4)11-5/h7,9,12-15,25-27,37H,1,3,8,10-11,16-22H2,2,4-6H3/t25-,26-,27?,31+,32?/m0/s1. The van der Waals surface area contributed by atoms with Crippen molar-refractivity contribution in [2.45, 2.75) is 62.5 Å². The number of aliphatic hydroxyl groups excluding tert-OH is 1. The second-order valence-electron chi connectivity index (χ2n) is 11.5. The molecule has 41 heavy (non-hydrogen) atoms. The molecule has 3 fully saturated rings. The fourth-order valence-corrected chi connectivity index (χ4v) is 9.72. The summed E-state index contributed by atoms with van der Waals surface area (Å²) in [5, 5.41) is 9.98. The maximum absolute atomic E-state index is 14.6. The lowest BCUT2D eigenvalue weighted by atomic mass is 9.66. The average Bonchev–Trinajstić information content (AvgIpc) is 3.53. The molecule has 0 radical (unpaired) electrons. The van der Waals surface area contributed by atoms with Gasteiger partial charge in [-0.15, -0.1) is 24.9 Å². The highest BCUT2D eigenvalue weighted by Gasteiger charge is 2.77. The number of carbonyl (C=O) groups excluding carboxylic acids is 3. The fraction of sp³-hybridized carbons (Fsp3) is 0.594. The number of aliphatic hydroxyl groups is 1. The van der Waals surface area contributed by atoms with Crippen molar-refractivity contribution in [2.75, 3.05) is 55.7 Å². The van der Waals surface area contributed by atoms with Crippen LogP contribution in [0.3, 0.4) is 0 Å². The summed E-state index contributed by atoms with van der Waals surface area (Å²) < 4.78 is -1.17. The Labute approximate surface area is 249 Å². The lowest BCUT2D eigenvalue weighted by Gasteiger charge is -2.38. The van der Waals surface area contributed by atoms with E-state index < -0.39 is 27.4 Å². The Morgan fingerprint density at radius 3 is 2.24 bits per heavy atom. The van der Waals surface area contributed by atoms with Crippen LogP contribution in [0.1, 0.15) is 47.0 Å². The molecule has 1 aromatic rings. The van der Waals surface area contributed by atoms with Crippen LogP contribution >= 0.6 is 11.8 Å². The normalized spacial score (nSPS) is 28.0. The zero-order chi connectivity index (χ0) is 29.9. The van der Waals surface area contributed by atoms with Crippen LogP contribution in [0.4, 0.5) is 11.4 Å². The lowest BCUT2D eigenvalue weighted by Crippen LogP contribution is -2.55. The van der Waals surface area contributed by atoms with Crippen molar-refractivity contribution in [3.05, 3.63) is 49.6 Å². The number of amides is 3. The highest BCUT2D eigenvalue weighted by Crippen LogP contribution is 2.71.